The zero-order chi connectivity index (χ0) is 21.4. The van der Waals surface area contributed by atoms with E-state index < -0.39 is 0 Å². The van der Waals surface area contributed by atoms with Crippen molar-refractivity contribution in [3.8, 4) is 0 Å². The van der Waals surface area contributed by atoms with Gasteiger partial charge in [-0.15, -0.1) is 0 Å². The van der Waals surface area contributed by atoms with Crippen LogP contribution in [0.25, 0.3) is 21.8 Å². The van der Waals surface area contributed by atoms with E-state index >= 15 is 0 Å². The average molecular weight is 431 g/mol. The standard InChI is InChI=1S/C24H22N4O2S/c1-14-5-3-4-6-16(14)13-31-24-25-12-19-18-10-7-15(23(29)30-2)11-20(18)27-22(21(19)28-24)26-17-8-9-17/h3-7,10-12,17H,8-9,13H2,1-2H3,(H,26,27). The van der Waals surface area contributed by atoms with Crippen LogP contribution in [0.4, 0.5) is 5.82 Å². The van der Waals surface area contributed by atoms with E-state index in [0.717, 1.165) is 51.4 Å². The highest BCUT2D eigenvalue weighted by Crippen LogP contribution is 2.33. The Kier molecular flexibility index (Phi) is 5.19. The summed E-state index contributed by atoms with van der Waals surface area (Å²) in [6, 6.07) is 14.2. The molecule has 0 aliphatic heterocycles. The fourth-order valence-electron chi connectivity index (χ4n) is 3.52. The number of aromatic nitrogens is 3. The van der Waals surface area contributed by atoms with Crippen LogP contribution in [0.5, 0.6) is 0 Å². The van der Waals surface area contributed by atoms with E-state index in [4.69, 9.17) is 14.7 Å². The lowest BCUT2D eigenvalue weighted by atomic mass is 10.1. The van der Waals surface area contributed by atoms with E-state index in [-0.39, 0.29) is 5.97 Å². The quantitative estimate of drug-likeness (QED) is 0.196. The number of aryl methyl sites for hydroxylation is 1. The molecule has 156 valence electrons. The third kappa shape index (κ3) is 4.05. The van der Waals surface area contributed by atoms with Crippen LogP contribution < -0.4 is 5.32 Å². The summed E-state index contributed by atoms with van der Waals surface area (Å²) in [5.74, 6) is 1.18. The van der Waals surface area contributed by atoms with Gasteiger partial charge < -0.3 is 10.1 Å². The number of anilines is 1. The van der Waals surface area contributed by atoms with Crippen molar-refractivity contribution in [1.82, 2.24) is 15.0 Å². The molecular weight excluding hydrogens is 408 g/mol. The minimum absolute atomic E-state index is 0.375. The number of esters is 1. The summed E-state index contributed by atoms with van der Waals surface area (Å²) >= 11 is 1.62. The summed E-state index contributed by atoms with van der Waals surface area (Å²) in [6.45, 7) is 2.12. The fraction of sp³-hybridized carbons (Fsp3) is 0.250. The number of fused-ring (bicyclic) bond motifs is 3. The fourth-order valence-corrected chi connectivity index (χ4v) is 4.41. The van der Waals surface area contributed by atoms with Gasteiger partial charge in [0.2, 0.25) is 0 Å². The van der Waals surface area contributed by atoms with Gasteiger partial charge in [0.25, 0.3) is 0 Å². The summed E-state index contributed by atoms with van der Waals surface area (Å²) in [4.78, 5) is 26.2. The summed E-state index contributed by atoms with van der Waals surface area (Å²) < 4.78 is 4.86. The Bertz CT molecular complexity index is 1300. The van der Waals surface area contributed by atoms with Gasteiger partial charge in [0.15, 0.2) is 11.0 Å². The van der Waals surface area contributed by atoms with Gasteiger partial charge in [-0.2, -0.15) is 0 Å². The van der Waals surface area contributed by atoms with Crippen LogP contribution in [0.1, 0.15) is 34.3 Å². The van der Waals surface area contributed by atoms with E-state index in [1.54, 1.807) is 23.9 Å². The first-order valence-electron chi connectivity index (χ1n) is 10.2. The number of nitrogens with one attached hydrogen (secondary N) is 1. The minimum Gasteiger partial charge on any atom is -0.465 e. The van der Waals surface area contributed by atoms with Crippen LogP contribution in [-0.2, 0) is 10.5 Å². The predicted octanol–water partition coefficient (Wildman–Crippen LogP) is 5.14. The van der Waals surface area contributed by atoms with Crippen LogP contribution in [0.2, 0.25) is 0 Å². The first-order chi connectivity index (χ1) is 15.1. The Labute approximate surface area is 184 Å². The van der Waals surface area contributed by atoms with Gasteiger partial charge in [-0.1, -0.05) is 42.1 Å². The molecule has 0 bridgehead atoms. The number of methoxy groups -OCH3 is 1. The van der Waals surface area contributed by atoms with E-state index in [0.29, 0.717) is 11.6 Å². The molecule has 31 heavy (non-hydrogen) atoms. The molecule has 2 aromatic carbocycles. The number of hydrogen-bond donors (Lipinski definition) is 1. The molecule has 0 unspecified atom stereocenters. The molecule has 0 radical (unpaired) electrons. The summed E-state index contributed by atoms with van der Waals surface area (Å²) in [5.41, 5.74) is 4.56. The topological polar surface area (TPSA) is 77.0 Å². The number of ether oxygens (including phenoxy) is 1. The Morgan fingerprint density at radius 2 is 2.00 bits per heavy atom. The molecule has 5 rings (SSSR count). The van der Waals surface area contributed by atoms with Crippen molar-refractivity contribution in [3.63, 3.8) is 0 Å². The van der Waals surface area contributed by atoms with Crippen molar-refractivity contribution < 1.29 is 9.53 Å². The Morgan fingerprint density at radius 3 is 2.77 bits per heavy atom. The van der Waals surface area contributed by atoms with Crippen LogP contribution in [0, 0.1) is 6.92 Å². The van der Waals surface area contributed by atoms with E-state index in [1.807, 2.05) is 18.3 Å². The van der Waals surface area contributed by atoms with Crippen molar-refractivity contribution in [2.24, 2.45) is 0 Å². The Balaban J connectivity index is 1.56. The number of carbonyl (C=O) groups is 1. The molecule has 1 N–H and O–H groups in total. The maximum atomic E-state index is 12.0. The SMILES string of the molecule is COC(=O)c1ccc2c(c1)nc(NC1CC1)c1nc(SCc3ccccc3C)ncc12. The lowest BCUT2D eigenvalue weighted by Crippen LogP contribution is -2.06. The van der Waals surface area contributed by atoms with Gasteiger partial charge in [-0.3, -0.25) is 0 Å². The van der Waals surface area contributed by atoms with Gasteiger partial charge in [0.05, 0.1) is 18.2 Å². The summed E-state index contributed by atoms with van der Waals surface area (Å²) in [6.07, 6.45) is 4.12. The normalized spacial score (nSPS) is 13.5. The zero-order valence-electron chi connectivity index (χ0n) is 17.4. The molecule has 1 saturated carbocycles. The molecule has 1 aliphatic rings. The van der Waals surface area contributed by atoms with Gasteiger partial charge in [-0.05, 0) is 43.0 Å². The van der Waals surface area contributed by atoms with Crippen LogP contribution in [0.3, 0.4) is 0 Å². The number of hydrogen-bond acceptors (Lipinski definition) is 7. The molecule has 2 heterocycles. The molecule has 7 heteroatoms. The monoisotopic (exact) mass is 430 g/mol. The highest BCUT2D eigenvalue weighted by Gasteiger charge is 2.24. The van der Waals surface area contributed by atoms with Crippen molar-refractivity contribution >= 4 is 45.4 Å². The van der Waals surface area contributed by atoms with E-state index in [1.165, 1.54) is 18.2 Å². The molecule has 0 spiro atoms. The van der Waals surface area contributed by atoms with Crippen LogP contribution in [0.15, 0.2) is 53.8 Å². The highest BCUT2D eigenvalue weighted by molar-refractivity contribution is 7.98. The number of rotatable bonds is 6. The summed E-state index contributed by atoms with van der Waals surface area (Å²) in [7, 11) is 1.38. The van der Waals surface area contributed by atoms with Gasteiger partial charge in [0.1, 0.15) is 5.52 Å². The first-order valence-corrected chi connectivity index (χ1v) is 11.2. The van der Waals surface area contributed by atoms with E-state index in [2.05, 4.69) is 35.4 Å². The van der Waals surface area contributed by atoms with Gasteiger partial charge in [0, 0.05) is 28.8 Å². The van der Waals surface area contributed by atoms with Crippen LogP contribution >= 0.6 is 11.8 Å². The van der Waals surface area contributed by atoms with Crippen molar-refractivity contribution in [2.45, 2.75) is 36.7 Å². The smallest absolute Gasteiger partial charge is 0.337 e. The Hall–Kier alpha value is -3.19. The summed E-state index contributed by atoms with van der Waals surface area (Å²) in [5, 5.41) is 6.06. The molecule has 1 aliphatic carbocycles. The maximum Gasteiger partial charge on any atom is 0.337 e. The van der Waals surface area contributed by atoms with Crippen molar-refractivity contribution in [1.29, 1.82) is 0 Å². The highest BCUT2D eigenvalue weighted by atomic mass is 32.2. The second-order valence-electron chi connectivity index (χ2n) is 7.73. The van der Waals surface area contributed by atoms with Gasteiger partial charge in [-0.25, -0.2) is 19.7 Å². The third-order valence-electron chi connectivity index (χ3n) is 5.47. The second-order valence-corrected chi connectivity index (χ2v) is 8.68. The van der Waals surface area contributed by atoms with Crippen molar-refractivity contribution in [2.75, 3.05) is 12.4 Å². The number of thioether (sulfide) groups is 1. The van der Waals surface area contributed by atoms with Crippen molar-refractivity contribution in [3.05, 3.63) is 65.4 Å². The molecule has 0 atom stereocenters. The predicted molar refractivity (Wildman–Crippen MR) is 124 cm³/mol. The zero-order valence-corrected chi connectivity index (χ0v) is 18.2. The lowest BCUT2D eigenvalue weighted by Gasteiger charge is -2.12. The maximum absolute atomic E-state index is 12.0. The number of pyridine rings is 1. The first kappa shape index (κ1) is 19.8. The third-order valence-corrected chi connectivity index (χ3v) is 6.38. The Morgan fingerprint density at radius 1 is 1.16 bits per heavy atom. The average Bonchev–Trinajstić information content (AvgIpc) is 3.61. The second kappa shape index (κ2) is 8.15. The largest absolute Gasteiger partial charge is 0.465 e. The number of benzene rings is 2. The molecule has 2 aromatic heterocycles. The molecule has 1 fully saturated rings. The molecule has 6 nitrogen and oxygen atoms in total. The molecule has 4 aromatic rings. The number of nitrogens with zero attached hydrogens (tertiary/aromatic N) is 3. The molecule has 0 amide bonds. The molecule has 0 saturated heterocycles. The lowest BCUT2D eigenvalue weighted by molar-refractivity contribution is 0.0601. The van der Waals surface area contributed by atoms with Crippen LogP contribution in [-0.4, -0.2) is 34.1 Å². The minimum atomic E-state index is -0.375. The molecular formula is C24H22N4O2S. The van der Waals surface area contributed by atoms with E-state index in [9.17, 15) is 4.79 Å². The number of carbonyl (C=O) groups excluding carboxylic acids is 1. The van der Waals surface area contributed by atoms with Gasteiger partial charge >= 0.3 is 5.97 Å².